The Balaban J connectivity index is 1.78. The number of allylic oxidation sites excluding steroid dienone is 1. The fourth-order valence-corrected chi connectivity index (χ4v) is 5.57. The Kier molecular flexibility index (Phi) is 8.50. The molecule has 0 saturated heterocycles. The number of carbonyl (C=O) groups excluding carboxylic acids is 2. The van der Waals surface area contributed by atoms with Gasteiger partial charge in [-0.15, -0.1) is 0 Å². The Morgan fingerprint density at radius 3 is 2.78 bits per heavy atom. The SMILES string of the molecule is CCC1(CC=O)CC/C=C/c2ccc3c(c2)C(CC(C)(C)O3)NC(=O)c2cccc(c2)[C@@H](CCOC)N1. The standard InChI is InChI=1S/C31H40N2O4/c1-5-31(16-17-34)15-7-6-9-22-12-13-28-25(19-22)27(21-30(2,3)37-28)32-29(35)24-11-8-10-23(20-24)26(33-31)14-18-36-4/h6,8-13,17,19-20,26-27,33H,5,7,14-16,18,21H2,1-4H3,(H,32,35)/b9-6+/t26-,27?,31?/m1/s1. The Labute approximate surface area is 220 Å². The van der Waals surface area contributed by atoms with Gasteiger partial charge in [0, 0.05) is 49.3 Å². The molecule has 1 amide bonds. The van der Waals surface area contributed by atoms with Crippen molar-refractivity contribution >= 4 is 18.3 Å². The lowest BCUT2D eigenvalue weighted by Crippen LogP contribution is -2.47. The van der Waals surface area contributed by atoms with E-state index >= 15 is 0 Å². The molecule has 2 aromatic carbocycles. The molecule has 37 heavy (non-hydrogen) atoms. The van der Waals surface area contributed by atoms with Crippen molar-refractivity contribution in [2.45, 2.75) is 82.5 Å². The predicted molar refractivity (Wildman–Crippen MR) is 147 cm³/mol. The van der Waals surface area contributed by atoms with Crippen LogP contribution in [-0.4, -0.2) is 37.0 Å². The molecule has 2 heterocycles. The minimum absolute atomic E-state index is 0.0502. The van der Waals surface area contributed by atoms with Crippen molar-refractivity contribution in [3.05, 3.63) is 70.8 Å². The Morgan fingerprint density at radius 2 is 2.03 bits per heavy atom. The number of amides is 1. The third kappa shape index (κ3) is 6.49. The summed E-state index contributed by atoms with van der Waals surface area (Å²) in [5.74, 6) is 0.706. The van der Waals surface area contributed by atoms with Crippen LogP contribution >= 0.6 is 0 Å². The van der Waals surface area contributed by atoms with Gasteiger partial charge in [-0.2, -0.15) is 0 Å². The number of ether oxygens (including phenoxy) is 2. The Hall–Kier alpha value is -2.96. The second-order valence-electron chi connectivity index (χ2n) is 10.9. The first-order valence-electron chi connectivity index (χ1n) is 13.4. The van der Waals surface area contributed by atoms with Crippen LogP contribution in [0, 0.1) is 0 Å². The van der Waals surface area contributed by atoms with Gasteiger partial charge in [-0.25, -0.2) is 0 Å². The van der Waals surface area contributed by atoms with E-state index in [4.69, 9.17) is 9.47 Å². The van der Waals surface area contributed by atoms with Crippen LogP contribution in [0.4, 0.5) is 0 Å². The number of hydrogen-bond donors (Lipinski definition) is 2. The maximum absolute atomic E-state index is 13.5. The summed E-state index contributed by atoms with van der Waals surface area (Å²) in [4.78, 5) is 25.3. The highest BCUT2D eigenvalue weighted by Crippen LogP contribution is 2.40. The molecule has 6 nitrogen and oxygen atoms in total. The number of carbonyl (C=O) groups is 2. The van der Waals surface area contributed by atoms with Gasteiger partial charge in [-0.1, -0.05) is 37.3 Å². The van der Waals surface area contributed by atoms with Crippen LogP contribution in [0.15, 0.2) is 48.5 Å². The molecule has 4 rings (SSSR count). The Morgan fingerprint density at radius 1 is 1.19 bits per heavy atom. The predicted octanol–water partition coefficient (Wildman–Crippen LogP) is 5.93. The van der Waals surface area contributed by atoms with Crippen LogP contribution < -0.4 is 15.4 Å². The molecule has 2 N–H and O–H groups in total. The van der Waals surface area contributed by atoms with Gasteiger partial charge >= 0.3 is 0 Å². The monoisotopic (exact) mass is 504 g/mol. The number of fused-ring (bicyclic) bond motifs is 3. The van der Waals surface area contributed by atoms with Crippen molar-refractivity contribution in [3.63, 3.8) is 0 Å². The summed E-state index contributed by atoms with van der Waals surface area (Å²) in [5.41, 5.74) is 2.97. The maximum Gasteiger partial charge on any atom is 0.251 e. The van der Waals surface area contributed by atoms with Crippen LogP contribution in [0.25, 0.3) is 6.08 Å². The molecule has 0 fully saturated rings. The van der Waals surface area contributed by atoms with E-state index in [0.717, 1.165) is 54.4 Å². The molecular weight excluding hydrogens is 464 g/mol. The van der Waals surface area contributed by atoms with Crippen LogP contribution in [0.1, 0.15) is 98.4 Å². The zero-order valence-electron chi connectivity index (χ0n) is 22.5. The van der Waals surface area contributed by atoms with E-state index < -0.39 is 0 Å². The first-order chi connectivity index (χ1) is 17.8. The van der Waals surface area contributed by atoms with Crippen LogP contribution in [0.2, 0.25) is 0 Å². The fourth-order valence-electron chi connectivity index (χ4n) is 5.57. The lowest BCUT2D eigenvalue weighted by molar-refractivity contribution is -0.109. The molecule has 0 saturated carbocycles. The van der Waals surface area contributed by atoms with Gasteiger partial charge in [0.25, 0.3) is 5.91 Å². The maximum atomic E-state index is 13.5. The number of benzene rings is 2. The molecule has 4 bridgehead atoms. The first kappa shape index (κ1) is 27.1. The lowest BCUT2D eigenvalue weighted by Gasteiger charge is -2.38. The fraction of sp³-hybridized carbons (Fsp3) is 0.484. The van der Waals surface area contributed by atoms with Crippen LogP contribution in [0.3, 0.4) is 0 Å². The summed E-state index contributed by atoms with van der Waals surface area (Å²) in [7, 11) is 1.70. The largest absolute Gasteiger partial charge is 0.487 e. The van der Waals surface area contributed by atoms with Gasteiger partial charge in [0.1, 0.15) is 17.6 Å². The molecular formula is C31H40N2O4. The minimum atomic E-state index is -0.387. The van der Waals surface area contributed by atoms with Gasteiger partial charge < -0.3 is 24.9 Å². The summed E-state index contributed by atoms with van der Waals surface area (Å²) in [5, 5.41) is 7.10. The third-order valence-corrected chi connectivity index (χ3v) is 7.69. The van der Waals surface area contributed by atoms with Crippen molar-refractivity contribution < 1.29 is 19.1 Å². The molecule has 198 valence electrons. The first-order valence-corrected chi connectivity index (χ1v) is 13.4. The van der Waals surface area contributed by atoms with E-state index in [1.54, 1.807) is 7.11 Å². The molecule has 2 aliphatic heterocycles. The molecule has 2 aromatic rings. The number of aldehydes is 1. The lowest BCUT2D eigenvalue weighted by atomic mass is 9.84. The summed E-state index contributed by atoms with van der Waals surface area (Å²) in [6.07, 6.45) is 9.64. The van der Waals surface area contributed by atoms with E-state index in [1.165, 1.54) is 0 Å². The number of rotatable bonds is 6. The summed E-state index contributed by atoms with van der Waals surface area (Å²) in [6, 6.07) is 13.8. The van der Waals surface area contributed by atoms with Crippen LogP contribution in [-0.2, 0) is 9.53 Å². The van der Waals surface area contributed by atoms with E-state index in [1.807, 2.05) is 30.3 Å². The normalized spacial score (nSPS) is 26.0. The molecule has 0 spiro atoms. The smallest absolute Gasteiger partial charge is 0.251 e. The summed E-state index contributed by atoms with van der Waals surface area (Å²) >= 11 is 0. The number of methoxy groups -OCH3 is 1. The second kappa shape index (κ2) is 11.6. The summed E-state index contributed by atoms with van der Waals surface area (Å²) in [6.45, 7) is 6.81. The highest BCUT2D eigenvalue weighted by atomic mass is 16.5. The Bertz CT molecular complexity index is 1140. The van der Waals surface area contributed by atoms with Crippen molar-refractivity contribution in [3.8, 4) is 5.75 Å². The van der Waals surface area contributed by atoms with E-state index in [0.29, 0.717) is 25.0 Å². The number of nitrogens with one attached hydrogen (secondary N) is 2. The van der Waals surface area contributed by atoms with Crippen molar-refractivity contribution in [1.29, 1.82) is 0 Å². The molecule has 2 unspecified atom stereocenters. The average molecular weight is 505 g/mol. The van der Waals surface area contributed by atoms with Gasteiger partial charge in [0.2, 0.25) is 0 Å². The third-order valence-electron chi connectivity index (χ3n) is 7.69. The van der Waals surface area contributed by atoms with E-state index in [-0.39, 0.29) is 29.1 Å². The highest BCUT2D eigenvalue weighted by molar-refractivity contribution is 5.94. The van der Waals surface area contributed by atoms with Crippen molar-refractivity contribution in [1.82, 2.24) is 10.6 Å². The van der Waals surface area contributed by atoms with Gasteiger partial charge in [0.15, 0.2) is 0 Å². The van der Waals surface area contributed by atoms with Gasteiger partial charge in [-0.05, 0) is 74.9 Å². The second-order valence-corrected chi connectivity index (χ2v) is 10.9. The van der Waals surface area contributed by atoms with Gasteiger partial charge in [0.05, 0.1) is 6.04 Å². The van der Waals surface area contributed by atoms with E-state index in [2.05, 4.69) is 55.7 Å². The topological polar surface area (TPSA) is 76.7 Å². The van der Waals surface area contributed by atoms with E-state index in [9.17, 15) is 9.59 Å². The zero-order chi connectivity index (χ0) is 26.5. The molecule has 3 atom stereocenters. The van der Waals surface area contributed by atoms with Gasteiger partial charge in [-0.3, -0.25) is 4.79 Å². The quantitative estimate of drug-likeness (QED) is 0.477. The minimum Gasteiger partial charge on any atom is -0.487 e. The molecule has 0 radical (unpaired) electrons. The average Bonchev–Trinajstić information content (AvgIpc) is 2.88. The molecule has 6 heteroatoms. The summed E-state index contributed by atoms with van der Waals surface area (Å²) < 4.78 is 11.7. The molecule has 0 aromatic heterocycles. The van der Waals surface area contributed by atoms with Crippen molar-refractivity contribution in [2.75, 3.05) is 13.7 Å². The number of hydrogen-bond acceptors (Lipinski definition) is 5. The zero-order valence-corrected chi connectivity index (χ0v) is 22.5. The van der Waals surface area contributed by atoms with Crippen molar-refractivity contribution in [2.24, 2.45) is 0 Å². The molecule has 0 aliphatic carbocycles. The molecule has 2 aliphatic rings. The van der Waals surface area contributed by atoms with Crippen LogP contribution in [0.5, 0.6) is 5.75 Å². The highest BCUT2D eigenvalue weighted by Gasteiger charge is 2.35.